The maximum atomic E-state index is 6.29. The summed E-state index contributed by atoms with van der Waals surface area (Å²) in [6, 6.07) is 0. The first-order valence-electron chi connectivity index (χ1n) is 6.24. The fourth-order valence-electron chi connectivity index (χ4n) is 2.30. The molecule has 0 aliphatic rings. The molecular formula is C13H23Cl2N3. The quantitative estimate of drug-likeness (QED) is 0.749. The molecule has 0 fully saturated rings. The molecule has 1 aromatic rings. The predicted molar refractivity (Wildman–Crippen MR) is 78.7 cm³/mol. The van der Waals surface area contributed by atoms with Crippen molar-refractivity contribution in [2.45, 2.75) is 44.5 Å². The lowest BCUT2D eigenvalue weighted by atomic mass is 9.84. The molecule has 0 N–H and O–H groups in total. The molecule has 0 aliphatic carbocycles. The average Bonchev–Trinajstić information content (AvgIpc) is 2.55. The maximum absolute atomic E-state index is 6.29. The molecule has 3 nitrogen and oxygen atoms in total. The van der Waals surface area contributed by atoms with Crippen molar-refractivity contribution in [2.24, 2.45) is 0 Å². The minimum absolute atomic E-state index is 0.0684. The van der Waals surface area contributed by atoms with E-state index in [1.54, 1.807) is 6.20 Å². The third-order valence-electron chi connectivity index (χ3n) is 2.99. The van der Waals surface area contributed by atoms with Gasteiger partial charge >= 0.3 is 0 Å². The third-order valence-corrected chi connectivity index (χ3v) is 3.42. The van der Waals surface area contributed by atoms with Gasteiger partial charge in [-0.1, -0.05) is 25.4 Å². The van der Waals surface area contributed by atoms with Crippen LogP contribution in [-0.4, -0.2) is 40.7 Å². The summed E-state index contributed by atoms with van der Waals surface area (Å²) in [5.74, 6) is 0. The lowest BCUT2D eigenvalue weighted by Gasteiger charge is -2.28. The molecular weight excluding hydrogens is 269 g/mol. The Balaban J connectivity index is 2.95. The minimum atomic E-state index is -0.0684. The normalized spacial score (nSPS) is 14.2. The molecule has 0 saturated carbocycles. The molecule has 0 aromatic carbocycles. The number of hydrogen-bond acceptors (Lipinski definition) is 2. The number of aromatic nitrogens is 2. The summed E-state index contributed by atoms with van der Waals surface area (Å²) in [5.41, 5.74) is 1.01. The second kappa shape index (κ2) is 6.27. The van der Waals surface area contributed by atoms with Gasteiger partial charge < -0.3 is 4.90 Å². The Morgan fingerprint density at radius 3 is 2.56 bits per heavy atom. The Kier molecular flexibility index (Phi) is 5.50. The molecule has 18 heavy (non-hydrogen) atoms. The number of alkyl halides is 1. The Labute approximate surface area is 120 Å². The highest BCUT2D eigenvalue weighted by Gasteiger charge is 2.29. The van der Waals surface area contributed by atoms with E-state index in [4.69, 9.17) is 23.2 Å². The first kappa shape index (κ1) is 15.8. The number of hydrogen-bond donors (Lipinski definition) is 0. The van der Waals surface area contributed by atoms with Gasteiger partial charge in [-0.2, -0.15) is 5.10 Å². The molecule has 1 rings (SSSR count). The smallest absolute Gasteiger partial charge is 0.0823 e. The van der Waals surface area contributed by atoms with Gasteiger partial charge in [-0.3, -0.25) is 4.68 Å². The van der Waals surface area contributed by atoms with Crippen LogP contribution in [0, 0.1) is 0 Å². The van der Waals surface area contributed by atoms with Crippen LogP contribution < -0.4 is 0 Å². The van der Waals surface area contributed by atoms with Crippen LogP contribution in [0.2, 0.25) is 5.02 Å². The summed E-state index contributed by atoms with van der Waals surface area (Å²) in [4.78, 5) is 2.14. The summed E-state index contributed by atoms with van der Waals surface area (Å²) < 4.78 is 2.00. The van der Waals surface area contributed by atoms with Crippen LogP contribution in [0.1, 0.15) is 32.9 Å². The zero-order valence-corrected chi connectivity index (χ0v) is 13.4. The number of nitrogens with zero attached hydrogens (tertiary/aromatic N) is 3. The van der Waals surface area contributed by atoms with Crippen molar-refractivity contribution in [3.8, 4) is 0 Å². The van der Waals surface area contributed by atoms with Crippen LogP contribution in [0.4, 0.5) is 0 Å². The fourth-order valence-corrected chi connectivity index (χ4v) is 3.08. The van der Waals surface area contributed by atoms with Crippen molar-refractivity contribution < 1.29 is 0 Å². The van der Waals surface area contributed by atoms with E-state index in [-0.39, 0.29) is 10.8 Å². The monoisotopic (exact) mass is 291 g/mol. The summed E-state index contributed by atoms with van der Waals surface area (Å²) >= 11 is 12.4. The van der Waals surface area contributed by atoms with Crippen molar-refractivity contribution in [1.29, 1.82) is 0 Å². The highest BCUT2D eigenvalue weighted by molar-refractivity contribution is 6.31. The van der Waals surface area contributed by atoms with E-state index in [0.717, 1.165) is 30.2 Å². The van der Waals surface area contributed by atoms with Crippen molar-refractivity contribution >= 4 is 23.2 Å². The fraction of sp³-hybridized carbons (Fsp3) is 0.769. The molecule has 0 amide bonds. The van der Waals surface area contributed by atoms with E-state index in [0.29, 0.717) is 0 Å². The summed E-state index contributed by atoms with van der Waals surface area (Å²) in [6.07, 6.45) is 2.61. The minimum Gasteiger partial charge on any atom is -0.308 e. The van der Waals surface area contributed by atoms with Crippen molar-refractivity contribution in [1.82, 2.24) is 14.7 Å². The van der Waals surface area contributed by atoms with E-state index in [1.165, 1.54) is 0 Å². The topological polar surface area (TPSA) is 21.1 Å². The van der Waals surface area contributed by atoms with Crippen LogP contribution in [0.5, 0.6) is 0 Å². The molecule has 0 saturated heterocycles. The van der Waals surface area contributed by atoms with Gasteiger partial charge in [0.1, 0.15) is 0 Å². The largest absolute Gasteiger partial charge is 0.308 e. The molecule has 0 bridgehead atoms. The number of halogens is 2. The average molecular weight is 292 g/mol. The van der Waals surface area contributed by atoms with E-state index >= 15 is 0 Å². The van der Waals surface area contributed by atoms with Gasteiger partial charge in [-0.25, -0.2) is 0 Å². The zero-order chi connectivity index (χ0) is 13.9. The Morgan fingerprint density at radius 2 is 2.06 bits per heavy atom. The molecule has 5 heteroatoms. The standard InChI is InChI=1S/C13H23Cl2N3/c1-10(14)8-13(2,3)12-11(15)9-16-18(12)7-6-17(4)5/h9-10H,6-8H2,1-5H3. The van der Waals surface area contributed by atoms with Crippen molar-refractivity contribution in [3.05, 3.63) is 16.9 Å². The van der Waals surface area contributed by atoms with Crippen molar-refractivity contribution in [2.75, 3.05) is 20.6 Å². The van der Waals surface area contributed by atoms with Crippen molar-refractivity contribution in [3.63, 3.8) is 0 Å². The van der Waals surface area contributed by atoms with Gasteiger partial charge in [0.05, 0.1) is 23.5 Å². The first-order chi connectivity index (χ1) is 8.24. The van der Waals surface area contributed by atoms with Gasteiger partial charge in [0.25, 0.3) is 0 Å². The van der Waals surface area contributed by atoms with Gasteiger partial charge in [0.15, 0.2) is 0 Å². The molecule has 1 atom stereocenters. The molecule has 0 radical (unpaired) electrons. The van der Waals surface area contributed by atoms with E-state index in [1.807, 2.05) is 11.6 Å². The van der Waals surface area contributed by atoms with Gasteiger partial charge in [0.2, 0.25) is 0 Å². The van der Waals surface area contributed by atoms with Crippen LogP contribution in [-0.2, 0) is 12.0 Å². The second-order valence-corrected chi connectivity index (χ2v) is 6.89. The van der Waals surface area contributed by atoms with Gasteiger partial charge in [0, 0.05) is 17.3 Å². The highest BCUT2D eigenvalue weighted by Crippen LogP contribution is 2.34. The lowest BCUT2D eigenvalue weighted by Crippen LogP contribution is -2.28. The van der Waals surface area contributed by atoms with Crippen LogP contribution in [0.3, 0.4) is 0 Å². The predicted octanol–water partition coefficient (Wildman–Crippen LogP) is 3.39. The maximum Gasteiger partial charge on any atom is 0.0823 e. The second-order valence-electron chi connectivity index (χ2n) is 5.74. The highest BCUT2D eigenvalue weighted by atomic mass is 35.5. The molecule has 104 valence electrons. The van der Waals surface area contributed by atoms with E-state index in [9.17, 15) is 0 Å². The Hall–Kier alpha value is -0.250. The number of rotatable bonds is 6. The third kappa shape index (κ3) is 4.15. The molecule has 1 unspecified atom stereocenters. The molecule has 0 aliphatic heterocycles. The molecule has 0 spiro atoms. The molecule has 1 heterocycles. The van der Waals surface area contributed by atoms with Gasteiger partial charge in [-0.05, 0) is 27.4 Å². The number of likely N-dealkylation sites (N-methyl/N-ethyl adjacent to an activating group) is 1. The summed E-state index contributed by atoms with van der Waals surface area (Å²) in [6.45, 7) is 8.13. The Bertz CT molecular complexity index is 384. The van der Waals surface area contributed by atoms with Crippen LogP contribution >= 0.6 is 23.2 Å². The Morgan fingerprint density at radius 1 is 1.44 bits per heavy atom. The SMILES string of the molecule is CC(Cl)CC(C)(C)c1c(Cl)cnn1CCN(C)C. The lowest BCUT2D eigenvalue weighted by molar-refractivity contribution is 0.352. The van der Waals surface area contributed by atoms with E-state index in [2.05, 4.69) is 37.9 Å². The van der Waals surface area contributed by atoms with Gasteiger partial charge in [-0.15, -0.1) is 11.6 Å². The van der Waals surface area contributed by atoms with E-state index < -0.39 is 0 Å². The zero-order valence-electron chi connectivity index (χ0n) is 11.9. The molecule has 1 aromatic heterocycles. The summed E-state index contributed by atoms with van der Waals surface area (Å²) in [7, 11) is 4.10. The van der Waals surface area contributed by atoms with Crippen LogP contribution in [0.25, 0.3) is 0 Å². The first-order valence-corrected chi connectivity index (χ1v) is 7.06. The van der Waals surface area contributed by atoms with Crippen LogP contribution in [0.15, 0.2) is 6.20 Å². The summed E-state index contributed by atoms with van der Waals surface area (Å²) in [5, 5.41) is 5.23.